The van der Waals surface area contributed by atoms with Crippen LogP contribution in [0.3, 0.4) is 0 Å². The first-order valence-corrected chi connectivity index (χ1v) is 10.6. The summed E-state index contributed by atoms with van der Waals surface area (Å²) in [5.41, 5.74) is 3.01. The molecule has 1 aliphatic rings. The highest BCUT2D eigenvalue weighted by Gasteiger charge is 2.26. The van der Waals surface area contributed by atoms with Crippen molar-refractivity contribution in [3.8, 4) is 11.4 Å². The third-order valence-electron chi connectivity index (χ3n) is 5.25. The van der Waals surface area contributed by atoms with Crippen molar-refractivity contribution in [3.05, 3.63) is 64.0 Å². The first-order valence-electron chi connectivity index (χ1n) is 9.87. The summed E-state index contributed by atoms with van der Waals surface area (Å²) >= 11 is 12.1. The molecule has 2 heterocycles. The van der Waals surface area contributed by atoms with Crippen molar-refractivity contribution in [2.24, 2.45) is 5.92 Å². The number of piperidine rings is 1. The number of rotatable bonds is 5. The van der Waals surface area contributed by atoms with Crippen LogP contribution in [0.2, 0.25) is 10.0 Å². The monoisotopic (exact) mass is 444 g/mol. The van der Waals surface area contributed by atoms with Gasteiger partial charge in [0.15, 0.2) is 0 Å². The van der Waals surface area contributed by atoms with Gasteiger partial charge in [0.2, 0.25) is 17.6 Å². The Morgan fingerprint density at radius 3 is 2.80 bits per heavy atom. The van der Waals surface area contributed by atoms with Gasteiger partial charge in [-0.1, -0.05) is 46.1 Å². The van der Waals surface area contributed by atoms with Crippen LogP contribution in [-0.2, 0) is 11.3 Å². The molecule has 0 saturated carbocycles. The summed E-state index contributed by atoms with van der Waals surface area (Å²) in [6.07, 6.45) is 1.84. The number of carbonyl (C=O) groups excluding carboxylic acids is 1. The molecule has 1 unspecified atom stereocenters. The van der Waals surface area contributed by atoms with Crippen LogP contribution in [0.15, 0.2) is 47.0 Å². The van der Waals surface area contributed by atoms with E-state index in [1.165, 1.54) is 5.56 Å². The molecule has 1 fully saturated rings. The Bertz CT molecular complexity index is 1040. The second-order valence-electron chi connectivity index (χ2n) is 7.47. The Morgan fingerprint density at radius 1 is 1.23 bits per heavy atom. The number of halogens is 2. The van der Waals surface area contributed by atoms with Crippen molar-refractivity contribution in [1.29, 1.82) is 0 Å². The van der Waals surface area contributed by atoms with Crippen LogP contribution in [0.4, 0.5) is 5.69 Å². The van der Waals surface area contributed by atoms with Crippen molar-refractivity contribution in [2.75, 3.05) is 18.0 Å². The zero-order valence-corrected chi connectivity index (χ0v) is 18.1. The lowest BCUT2D eigenvalue weighted by Gasteiger charge is -2.33. The minimum absolute atomic E-state index is 0.00362. The average Bonchev–Trinajstić information content (AvgIpc) is 3.21. The molecule has 0 spiro atoms. The first-order chi connectivity index (χ1) is 14.5. The molecule has 3 aromatic rings. The number of nitrogens with zero attached hydrogens (tertiary/aromatic N) is 3. The SMILES string of the molecule is Cc1ccc(N2CCCC(C(=O)NCc3nc(-c4ccc(Cl)cc4Cl)no3)C2)cc1. The van der Waals surface area contributed by atoms with E-state index in [1.54, 1.807) is 18.2 Å². The van der Waals surface area contributed by atoms with Crippen LogP contribution in [0.1, 0.15) is 24.3 Å². The molecule has 0 bridgehead atoms. The molecule has 1 saturated heterocycles. The zero-order valence-electron chi connectivity index (χ0n) is 16.6. The smallest absolute Gasteiger partial charge is 0.246 e. The lowest BCUT2D eigenvalue weighted by Crippen LogP contribution is -2.43. The van der Waals surface area contributed by atoms with E-state index < -0.39 is 0 Å². The van der Waals surface area contributed by atoms with Crippen LogP contribution < -0.4 is 10.2 Å². The fourth-order valence-electron chi connectivity index (χ4n) is 3.60. The molecule has 2 aromatic carbocycles. The molecule has 4 rings (SSSR count). The van der Waals surface area contributed by atoms with Crippen molar-refractivity contribution in [1.82, 2.24) is 15.5 Å². The number of aryl methyl sites for hydroxylation is 1. The molecule has 156 valence electrons. The maximum Gasteiger partial charge on any atom is 0.246 e. The minimum atomic E-state index is -0.0758. The summed E-state index contributed by atoms with van der Waals surface area (Å²) in [7, 11) is 0. The fraction of sp³-hybridized carbons (Fsp3) is 0.318. The van der Waals surface area contributed by atoms with Crippen LogP contribution in [0.25, 0.3) is 11.4 Å². The van der Waals surface area contributed by atoms with Gasteiger partial charge in [0.05, 0.1) is 17.5 Å². The minimum Gasteiger partial charge on any atom is -0.371 e. The Hall–Kier alpha value is -2.57. The zero-order chi connectivity index (χ0) is 21.1. The maximum atomic E-state index is 12.7. The Kier molecular flexibility index (Phi) is 6.25. The van der Waals surface area contributed by atoms with Crippen LogP contribution in [0, 0.1) is 12.8 Å². The summed E-state index contributed by atoms with van der Waals surface area (Å²) in [5.74, 6) is 0.615. The summed E-state index contributed by atoms with van der Waals surface area (Å²) in [6.45, 7) is 3.91. The molecule has 30 heavy (non-hydrogen) atoms. The molecule has 1 aromatic heterocycles. The molecular formula is C22H22Cl2N4O2. The summed E-state index contributed by atoms with van der Waals surface area (Å²) < 4.78 is 5.27. The topological polar surface area (TPSA) is 71.3 Å². The van der Waals surface area contributed by atoms with Gasteiger partial charge in [0.25, 0.3) is 0 Å². The standard InChI is InChI=1S/C22H22Cl2N4O2/c1-14-4-7-17(8-5-14)28-10-2-3-15(13-28)22(29)25-12-20-26-21(27-30-20)18-9-6-16(23)11-19(18)24/h4-9,11,15H,2-3,10,12-13H2,1H3,(H,25,29). The molecule has 1 aliphatic heterocycles. The third kappa shape index (κ3) is 4.77. The van der Waals surface area contributed by atoms with Gasteiger partial charge in [-0.15, -0.1) is 0 Å². The molecule has 1 atom stereocenters. The second-order valence-corrected chi connectivity index (χ2v) is 8.32. The lowest BCUT2D eigenvalue weighted by atomic mass is 9.96. The third-order valence-corrected chi connectivity index (χ3v) is 5.79. The van der Waals surface area contributed by atoms with E-state index in [2.05, 4.69) is 51.5 Å². The van der Waals surface area contributed by atoms with Crippen molar-refractivity contribution < 1.29 is 9.32 Å². The van der Waals surface area contributed by atoms with Gasteiger partial charge in [-0.3, -0.25) is 4.79 Å². The first kappa shape index (κ1) is 20.7. The maximum absolute atomic E-state index is 12.7. The fourth-order valence-corrected chi connectivity index (χ4v) is 4.09. The van der Waals surface area contributed by atoms with Gasteiger partial charge in [-0.05, 0) is 50.1 Å². The molecule has 8 heteroatoms. The van der Waals surface area contributed by atoms with Gasteiger partial charge in [-0.2, -0.15) is 4.98 Å². The molecule has 6 nitrogen and oxygen atoms in total. The van der Waals surface area contributed by atoms with Crippen LogP contribution >= 0.6 is 23.2 Å². The largest absolute Gasteiger partial charge is 0.371 e. The molecule has 0 aliphatic carbocycles. The van der Waals surface area contributed by atoms with E-state index in [4.69, 9.17) is 27.7 Å². The van der Waals surface area contributed by atoms with E-state index in [-0.39, 0.29) is 18.4 Å². The van der Waals surface area contributed by atoms with Crippen LogP contribution in [-0.4, -0.2) is 29.1 Å². The Labute approximate surface area is 185 Å². The second kappa shape index (κ2) is 9.06. The number of anilines is 1. The summed E-state index contributed by atoms with van der Waals surface area (Å²) in [6, 6.07) is 13.5. The van der Waals surface area contributed by atoms with E-state index in [0.29, 0.717) is 33.9 Å². The molecular weight excluding hydrogens is 423 g/mol. The van der Waals surface area contributed by atoms with Crippen molar-refractivity contribution in [2.45, 2.75) is 26.3 Å². The summed E-state index contributed by atoms with van der Waals surface area (Å²) in [5, 5.41) is 7.85. The number of aromatic nitrogens is 2. The molecule has 1 N–H and O–H groups in total. The van der Waals surface area contributed by atoms with E-state index in [1.807, 2.05) is 0 Å². The lowest BCUT2D eigenvalue weighted by molar-refractivity contribution is -0.125. The van der Waals surface area contributed by atoms with Gasteiger partial charge in [0.1, 0.15) is 0 Å². The number of amides is 1. The van der Waals surface area contributed by atoms with Crippen molar-refractivity contribution in [3.63, 3.8) is 0 Å². The Morgan fingerprint density at radius 2 is 2.03 bits per heavy atom. The highest BCUT2D eigenvalue weighted by molar-refractivity contribution is 6.36. The van der Waals surface area contributed by atoms with Gasteiger partial charge < -0.3 is 14.7 Å². The number of nitrogens with one attached hydrogen (secondary N) is 1. The highest BCUT2D eigenvalue weighted by atomic mass is 35.5. The summed E-state index contributed by atoms with van der Waals surface area (Å²) in [4.78, 5) is 19.3. The Balaban J connectivity index is 1.35. The predicted octanol–water partition coefficient (Wildman–Crippen LogP) is 4.88. The molecule has 0 radical (unpaired) electrons. The predicted molar refractivity (Wildman–Crippen MR) is 118 cm³/mol. The van der Waals surface area contributed by atoms with E-state index in [9.17, 15) is 4.79 Å². The number of carbonyl (C=O) groups is 1. The van der Waals surface area contributed by atoms with Gasteiger partial charge in [0, 0.05) is 29.4 Å². The number of hydrogen-bond donors (Lipinski definition) is 1. The van der Waals surface area contributed by atoms with E-state index >= 15 is 0 Å². The van der Waals surface area contributed by atoms with Gasteiger partial charge in [-0.25, -0.2) is 0 Å². The average molecular weight is 445 g/mol. The molecule has 1 amide bonds. The highest BCUT2D eigenvalue weighted by Crippen LogP contribution is 2.28. The number of benzene rings is 2. The normalized spacial score (nSPS) is 16.5. The van der Waals surface area contributed by atoms with Crippen molar-refractivity contribution >= 4 is 34.8 Å². The van der Waals surface area contributed by atoms with Crippen LogP contribution in [0.5, 0.6) is 0 Å². The van der Waals surface area contributed by atoms with E-state index in [0.717, 1.165) is 25.1 Å². The van der Waals surface area contributed by atoms with Gasteiger partial charge >= 0.3 is 0 Å². The quantitative estimate of drug-likeness (QED) is 0.606. The number of hydrogen-bond acceptors (Lipinski definition) is 5.